The predicted molar refractivity (Wildman–Crippen MR) is 155 cm³/mol. The molecule has 0 bridgehead atoms. The van der Waals surface area contributed by atoms with Crippen molar-refractivity contribution in [3.05, 3.63) is 70.9 Å². The molecule has 3 heterocycles. The highest BCUT2D eigenvalue weighted by atomic mass is 32.1. The highest BCUT2D eigenvalue weighted by Gasteiger charge is 2.21. The Morgan fingerprint density at radius 1 is 0.829 bits per heavy atom. The molecule has 0 saturated heterocycles. The molecular weight excluding hydrogens is 464 g/mol. The SMILES string of the molecule is Cc1c(CC(C)C)sc2c1ccc1c3ncnc(-c4cc(C(C)(C)C)c5ccccc5c4)c3sc12. The van der Waals surface area contributed by atoms with Crippen molar-refractivity contribution in [2.75, 3.05) is 0 Å². The number of benzene rings is 3. The van der Waals surface area contributed by atoms with E-state index in [2.05, 4.69) is 90.1 Å². The third kappa shape index (κ3) is 3.66. The fourth-order valence-corrected chi connectivity index (χ4v) is 8.12. The molecule has 6 aromatic rings. The Morgan fingerprint density at radius 2 is 1.57 bits per heavy atom. The monoisotopic (exact) mass is 494 g/mol. The zero-order valence-electron chi connectivity index (χ0n) is 21.2. The Kier molecular flexibility index (Phi) is 5.24. The lowest BCUT2D eigenvalue weighted by atomic mass is 9.82. The van der Waals surface area contributed by atoms with Crippen LogP contribution in [0.3, 0.4) is 0 Å². The number of fused-ring (bicyclic) bond motifs is 6. The van der Waals surface area contributed by atoms with Gasteiger partial charge in [0.05, 0.1) is 25.3 Å². The maximum atomic E-state index is 4.85. The molecule has 0 aliphatic rings. The molecule has 0 unspecified atom stereocenters. The third-order valence-electron chi connectivity index (χ3n) is 6.96. The molecule has 0 radical (unpaired) electrons. The van der Waals surface area contributed by atoms with Crippen LogP contribution in [0.2, 0.25) is 0 Å². The minimum atomic E-state index is 0.0371. The quantitative estimate of drug-likeness (QED) is 0.245. The van der Waals surface area contributed by atoms with E-state index in [0.29, 0.717) is 5.92 Å². The van der Waals surface area contributed by atoms with Crippen molar-refractivity contribution in [1.29, 1.82) is 0 Å². The van der Waals surface area contributed by atoms with Gasteiger partial charge in [-0.25, -0.2) is 9.97 Å². The van der Waals surface area contributed by atoms with E-state index in [1.54, 1.807) is 6.33 Å². The first-order valence-corrected chi connectivity index (χ1v) is 14.0. The van der Waals surface area contributed by atoms with Crippen LogP contribution in [0.1, 0.15) is 50.6 Å². The van der Waals surface area contributed by atoms with Gasteiger partial charge in [0.25, 0.3) is 0 Å². The highest BCUT2D eigenvalue weighted by molar-refractivity contribution is 7.31. The Hall–Kier alpha value is -2.82. The summed E-state index contributed by atoms with van der Waals surface area (Å²) in [6, 6.07) is 17.9. The molecule has 0 saturated carbocycles. The fourth-order valence-electron chi connectivity index (χ4n) is 5.20. The van der Waals surface area contributed by atoms with Crippen LogP contribution in [-0.2, 0) is 11.8 Å². The topological polar surface area (TPSA) is 25.8 Å². The van der Waals surface area contributed by atoms with Gasteiger partial charge in [0, 0.05) is 15.8 Å². The number of hydrogen-bond acceptors (Lipinski definition) is 4. The zero-order chi connectivity index (χ0) is 24.5. The first-order valence-electron chi connectivity index (χ1n) is 12.3. The summed E-state index contributed by atoms with van der Waals surface area (Å²) in [5.41, 5.74) is 6.11. The van der Waals surface area contributed by atoms with Crippen LogP contribution in [0.5, 0.6) is 0 Å². The standard InChI is InChI=1S/C31H30N2S2/c1-17(2)13-25-18(3)21-11-12-23-27-30(35-29(23)28(21)34-25)26(32-16-33-27)20-14-19-9-7-8-10-22(19)24(15-20)31(4,5)6/h7-12,14-17H,13H2,1-6H3. The summed E-state index contributed by atoms with van der Waals surface area (Å²) >= 11 is 3.83. The van der Waals surface area contributed by atoms with Crippen LogP contribution in [0.15, 0.2) is 54.9 Å². The van der Waals surface area contributed by atoms with Crippen LogP contribution in [0.25, 0.3) is 52.4 Å². The number of rotatable bonds is 3. The minimum absolute atomic E-state index is 0.0371. The molecular formula is C31H30N2S2. The maximum Gasteiger partial charge on any atom is 0.116 e. The van der Waals surface area contributed by atoms with Crippen molar-refractivity contribution < 1.29 is 0 Å². The molecule has 35 heavy (non-hydrogen) atoms. The predicted octanol–water partition coefficient (Wildman–Crippen LogP) is 9.68. The van der Waals surface area contributed by atoms with Crippen LogP contribution < -0.4 is 0 Å². The average molecular weight is 495 g/mol. The van der Waals surface area contributed by atoms with E-state index in [1.807, 2.05) is 22.7 Å². The summed E-state index contributed by atoms with van der Waals surface area (Å²) in [6.45, 7) is 13.8. The van der Waals surface area contributed by atoms with E-state index < -0.39 is 0 Å². The lowest BCUT2D eigenvalue weighted by Crippen LogP contribution is -2.12. The summed E-state index contributed by atoms with van der Waals surface area (Å²) in [6.07, 6.45) is 2.87. The van der Waals surface area contributed by atoms with Gasteiger partial charge < -0.3 is 0 Å². The molecule has 176 valence electrons. The van der Waals surface area contributed by atoms with Gasteiger partial charge in [-0.2, -0.15) is 0 Å². The lowest BCUT2D eigenvalue weighted by molar-refractivity contribution is 0.596. The van der Waals surface area contributed by atoms with Crippen LogP contribution in [-0.4, -0.2) is 9.97 Å². The lowest BCUT2D eigenvalue weighted by Gasteiger charge is -2.22. The minimum Gasteiger partial charge on any atom is -0.235 e. The van der Waals surface area contributed by atoms with Gasteiger partial charge in [0.2, 0.25) is 0 Å². The zero-order valence-corrected chi connectivity index (χ0v) is 22.8. The Balaban J connectivity index is 1.64. The first-order chi connectivity index (χ1) is 16.7. The molecule has 0 aliphatic carbocycles. The third-order valence-corrected chi connectivity index (χ3v) is 9.66. The number of nitrogens with zero attached hydrogens (tertiary/aromatic N) is 2. The molecule has 0 amide bonds. The van der Waals surface area contributed by atoms with Crippen molar-refractivity contribution in [2.45, 2.75) is 53.4 Å². The van der Waals surface area contributed by atoms with Gasteiger partial charge in [-0.1, -0.05) is 71.0 Å². The van der Waals surface area contributed by atoms with E-state index in [0.717, 1.165) is 17.6 Å². The van der Waals surface area contributed by atoms with Crippen LogP contribution in [0.4, 0.5) is 0 Å². The molecule has 0 aliphatic heterocycles. The number of hydrogen-bond donors (Lipinski definition) is 0. The molecule has 4 heteroatoms. The molecule has 3 aromatic heterocycles. The molecule has 2 nitrogen and oxygen atoms in total. The van der Waals surface area contributed by atoms with Gasteiger partial charge in [0.1, 0.15) is 6.33 Å². The Bertz CT molecular complexity index is 1750. The van der Waals surface area contributed by atoms with Crippen molar-refractivity contribution in [1.82, 2.24) is 9.97 Å². The van der Waals surface area contributed by atoms with E-state index in [9.17, 15) is 0 Å². The van der Waals surface area contributed by atoms with Gasteiger partial charge >= 0.3 is 0 Å². The van der Waals surface area contributed by atoms with Crippen LogP contribution >= 0.6 is 22.7 Å². The normalized spacial score (nSPS) is 12.7. The van der Waals surface area contributed by atoms with E-state index in [-0.39, 0.29) is 5.41 Å². The molecule has 0 fully saturated rings. The number of aromatic nitrogens is 2. The maximum absolute atomic E-state index is 4.85. The summed E-state index contributed by atoms with van der Waals surface area (Å²) in [5.74, 6) is 0.655. The number of aryl methyl sites for hydroxylation is 1. The Labute approximate surface area is 214 Å². The molecule has 0 N–H and O–H groups in total. The molecule has 6 rings (SSSR count). The molecule has 3 aromatic carbocycles. The second-order valence-electron chi connectivity index (χ2n) is 11.1. The van der Waals surface area contributed by atoms with Gasteiger partial charge in [-0.3, -0.25) is 0 Å². The summed E-state index contributed by atoms with van der Waals surface area (Å²) in [7, 11) is 0. The van der Waals surface area contributed by atoms with Gasteiger partial charge in [0.15, 0.2) is 0 Å². The first kappa shape index (κ1) is 22.6. The summed E-state index contributed by atoms with van der Waals surface area (Å²) in [5, 5.41) is 5.21. The van der Waals surface area contributed by atoms with Gasteiger partial charge in [-0.15, -0.1) is 22.7 Å². The van der Waals surface area contributed by atoms with E-state index >= 15 is 0 Å². The molecule has 0 spiro atoms. The average Bonchev–Trinajstić information content (AvgIpc) is 3.35. The second kappa shape index (κ2) is 8.11. The second-order valence-corrected chi connectivity index (χ2v) is 13.2. The Morgan fingerprint density at radius 3 is 2.34 bits per heavy atom. The van der Waals surface area contributed by atoms with E-state index in [4.69, 9.17) is 9.97 Å². The summed E-state index contributed by atoms with van der Waals surface area (Å²) < 4.78 is 3.93. The summed E-state index contributed by atoms with van der Waals surface area (Å²) in [4.78, 5) is 11.1. The molecule has 0 atom stereocenters. The van der Waals surface area contributed by atoms with Gasteiger partial charge in [-0.05, 0) is 64.1 Å². The largest absolute Gasteiger partial charge is 0.235 e. The van der Waals surface area contributed by atoms with E-state index in [1.165, 1.54) is 57.2 Å². The van der Waals surface area contributed by atoms with Crippen LogP contribution in [0, 0.1) is 12.8 Å². The smallest absolute Gasteiger partial charge is 0.116 e. The van der Waals surface area contributed by atoms with Crippen molar-refractivity contribution in [2.24, 2.45) is 5.92 Å². The fraction of sp³-hybridized carbons (Fsp3) is 0.290. The van der Waals surface area contributed by atoms with Crippen molar-refractivity contribution in [3.8, 4) is 11.3 Å². The van der Waals surface area contributed by atoms with Crippen molar-refractivity contribution in [3.63, 3.8) is 0 Å². The number of thiophene rings is 2. The van der Waals surface area contributed by atoms with Crippen molar-refractivity contribution >= 4 is 63.8 Å². The highest BCUT2D eigenvalue weighted by Crippen LogP contribution is 2.45.